The Morgan fingerprint density at radius 1 is 0.747 bits per heavy atom. The van der Waals surface area contributed by atoms with Gasteiger partial charge in [0.25, 0.3) is 0 Å². The number of carbonyl (C=O) groups excluding carboxylic acids is 1. The van der Waals surface area contributed by atoms with Crippen molar-refractivity contribution in [2.45, 2.75) is 104 Å². The molecule has 1 saturated heterocycles. The molecule has 1 aliphatic heterocycles. The molecular formula is C60H63BrF2N8O4. The molecule has 2 unspecified atom stereocenters. The van der Waals surface area contributed by atoms with Crippen LogP contribution in [-0.4, -0.2) is 60.1 Å². The van der Waals surface area contributed by atoms with Crippen LogP contribution in [0.1, 0.15) is 103 Å². The molecule has 75 heavy (non-hydrogen) atoms. The van der Waals surface area contributed by atoms with Crippen molar-refractivity contribution in [1.82, 2.24) is 29.5 Å². The maximum Gasteiger partial charge on any atom is 0.308 e. The fraction of sp³-hybridized carbons (Fsp3) is 0.283. The molecule has 15 heteroatoms. The van der Waals surface area contributed by atoms with Crippen molar-refractivity contribution in [1.29, 1.82) is 0 Å². The number of esters is 1. The molecule has 0 saturated carbocycles. The molecule has 5 heterocycles. The van der Waals surface area contributed by atoms with Gasteiger partial charge in [0.05, 0.1) is 58.2 Å². The van der Waals surface area contributed by atoms with Crippen molar-refractivity contribution >= 4 is 51.0 Å². The van der Waals surface area contributed by atoms with Crippen LogP contribution in [-0.2, 0) is 19.0 Å². The van der Waals surface area contributed by atoms with Gasteiger partial charge in [0.15, 0.2) is 5.79 Å². The summed E-state index contributed by atoms with van der Waals surface area (Å²) in [7, 11) is 0. The fourth-order valence-corrected chi connectivity index (χ4v) is 9.71. The van der Waals surface area contributed by atoms with Crippen LogP contribution < -0.4 is 10.6 Å². The second kappa shape index (κ2) is 24.8. The smallest absolute Gasteiger partial charge is 0.308 e. The molecule has 8 aromatic rings. The molecule has 9 rings (SSSR count). The number of nitrogens with one attached hydrogen (secondary N) is 2. The zero-order chi connectivity index (χ0) is 53.1. The van der Waals surface area contributed by atoms with Crippen molar-refractivity contribution in [3.05, 3.63) is 185 Å². The summed E-state index contributed by atoms with van der Waals surface area (Å²) in [6.45, 7) is 14.4. The number of pyridine rings is 2. The lowest BCUT2D eigenvalue weighted by Crippen LogP contribution is -2.44. The molecule has 1 aliphatic rings. The Morgan fingerprint density at radius 3 is 1.84 bits per heavy atom. The molecule has 2 N–H and O–H groups in total. The minimum absolute atomic E-state index is 0.133. The standard InChI is InChI=1S/C36H41FN4O4.C24H22BrFN4/c1-6-24(3)35-31(18-17-29-22-30(23-33(42)43-7-2)45-36(4,5)44-29)34(25-13-15-26(37)16-14-25)40-41(35)28-19-20-38-32(21-28)39-27-11-9-8-10-12-27;1-3-16(2)23-22(25)24(17-9-11-18(26)12-10-17)30(29-23)20-13-14-27-21(15-20)28-19-7-5-4-6-8-19/h8-21,24,29-30H,6-7,22-23H2,1-5H3,(H,38,39);4-16H,3H2,1-2H3,(H,27,28)/b18-17+;/t24?,29-,30-;/m1./s1. The average molecular weight is 1080 g/mol. The maximum atomic E-state index is 14.0. The molecule has 4 atom stereocenters. The van der Waals surface area contributed by atoms with Crippen molar-refractivity contribution in [2.24, 2.45) is 0 Å². The Labute approximate surface area is 446 Å². The first-order chi connectivity index (χ1) is 36.2. The topological polar surface area (TPSA) is 130 Å². The number of nitrogens with zero attached hydrogens (tertiary/aromatic N) is 6. The third kappa shape index (κ3) is 13.7. The minimum Gasteiger partial charge on any atom is -0.466 e. The van der Waals surface area contributed by atoms with E-state index in [0.717, 1.165) is 85.3 Å². The highest BCUT2D eigenvalue weighted by Crippen LogP contribution is 2.39. The van der Waals surface area contributed by atoms with Crippen LogP contribution in [0.15, 0.2) is 156 Å². The van der Waals surface area contributed by atoms with Gasteiger partial charge in [-0.05, 0) is 140 Å². The van der Waals surface area contributed by atoms with Crippen LogP contribution >= 0.6 is 15.9 Å². The van der Waals surface area contributed by atoms with Gasteiger partial charge in [-0.3, -0.25) is 4.79 Å². The van der Waals surface area contributed by atoms with E-state index in [4.69, 9.17) is 24.4 Å². The molecule has 0 amide bonds. The molecular weight excluding hydrogens is 1010 g/mol. The highest BCUT2D eigenvalue weighted by atomic mass is 79.9. The lowest BCUT2D eigenvalue weighted by molar-refractivity contribution is -0.290. The van der Waals surface area contributed by atoms with Crippen LogP contribution in [0.3, 0.4) is 0 Å². The predicted octanol–water partition coefficient (Wildman–Crippen LogP) is 15.3. The second-order valence-electron chi connectivity index (χ2n) is 18.8. The van der Waals surface area contributed by atoms with E-state index in [1.807, 2.05) is 120 Å². The van der Waals surface area contributed by atoms with E-state index in [1.165, 1.54) is 24.3 Å². The molecule has 388 valence electrons. The minimum atomic E-state index is -0.882. The van der Waals surface area contributed by atoms with Crippen molar-refractivity contribution < 1.29 is 27.8 Å². The van der Waals surface area contributed by atoms with Crippen LogP contribution in [0.5, 0.6) is 0 Å². The summed E-state index contributed by atoms with van der Waals surface area (Å²) in [5.74, 6) is 0.0795. The van der Waals surface area contributed by atoms with Gasteiger partial charge in [0.2, 0.25) is 0 Å². The van der Waals surface area contributed by atoms with E-state index >= 15 is 0 Å². The molecule has 0 spiro atoms. The number of rotatable bonds is 17. The molecule has 0 bridgehead atoms. The first kappa shape index (κ1) is 53.9. The van der Waals surface area contributed by atoms with Crippen LogP contribution in [0.2, 0.25) is 0 Å². The van der Waals surface area contributed by atoms with Gasteiger partial charge in [-0.25, -0.2) is 28.1 Å². The normalized spacial score (nSPS) is 15.9. The fourth-order valence-electron chi connectivity index (χ4n) is 8.84. The van der Waals surface area contributed by atoms with Gasteiger partial charge in [0, 0.05) is 64.9 Å². The number of hydrogen-bond donors (Lipinski definition) is 2. The maximum absolute atomic E-state index is 14.0. The van der Waals surface area contributed by atoms with Gasteiger partial charge in [-0.15, -0.1) is 0 Å². The summed E-state index contributed by atoms with van der Waals surface area (Å²) < 4.78 is 49.8. The van der Waals surface area contributed by atoms with E-state index in [-0.39, 0.29) is 48.1 Å². The summed E-state index contributed by atoms with van der Waals surface area (Å²) in [5, 5.41) is 16.7. The van der Waals surface area contributed by atoms with Crippen LogP contribution in [0.4, 0.5) is 31.8 Å². The number of para-hydroxylation sites is 2. The van der Waals surface area contributed by atoms with Crippen LogP contribution in [0, 0.1) is 11.6 Å². The van der Waals surface area contributed by atoms with E-state index in [9.17, 15) is 13.6 Å². The zero-order valence-corrected chi connectivity index (χ0v) is 44.9. The van der Waals surface area contributed by atoms with E-state index in [2.05, 4.69) is 64.2 Å². The first-order valence-electron chi connectivity index (χ1n) is 25.4. The summed E-state index contributed by atoms with van der Waals surface area (Å²) in [6.07, 6.45) is 9.41. The molecule has 0 radical (unpaired) electrons. The van der Waals surface area contributed by atoms with Gasteiger partial charge in [-0.2, -0.15) is 10.2 Å². The van der Waals surface area contributed by atoms with Gasteiger partial charge < -0.3 is 24.8 Å². The zero-order valence-electron chi connectivity index (χ0n) is 43.3. The lowest BCUT2D eigenvalue weighted by Gasteiger charge is -2.39. The van der Waals surface area contributed by atoms with Gasteiger partial charge in [0.1, 0.15) is 29.0 Å². The number of hydrogen-bond acceptors (Lipinski definition) is 10. The summed E-state index contributed by atoms with van der Waals surface area (Å²) in [5.41, 5.74) is 9.82. The summed E-state index contributed by atoms with van der Waals surface area (Å²) in [6, 6.07) is 40.4. The predicted molar refractivity (Wildman–Crippen MR) is 297 cm³/mol. The monoisotopic (exact) mass is 1080 g/mol. The third-order valence-corrected chi connectivity index (χ3v) is 13.6. The van der Waals surface area contributed by atoms with E-state index < -0.39 is 5.79 Å². The molecule has 4 aromatic heterocycles. The third-order valence-electron chi connectivity index (χ3n) is 12.8. The van der Waals surface area contributed by atoms with Crippen LogP contribution in [0.25, 0.3) is 40.0 Å². The summed E-state index contributed by atoms with van der Waals surface area (Å²) in [4.78, 5) is 21.2. The number of halogens is 3. The number of benzene rings is 4. The van der Waals surface area contributed by atoms with Crippen molar-refractivity contribution in [3.63, 3.8) is 0 Å². The number of anilines is 4. The lowest BCUT2D eigenvalue weighted by atomic mass is 9.95. The van der Waals surface area contributed by atoms with Crippen molar-refractivity contribution in [3.8, 4) is 33.9 Å². The second-order valence-corrected chi connectivity index (χ2v) is 19.6. The quantitative estimate of drug-likeness (QED) is 0.0850. The average Bonchev–Trinajstić information content (AvgIpc) is 3.97. The number of aromatic nitrogens is 6. The first-order valence-corrected chi connectivity index (χ1v) is 26.2. The van der Waals surface area contributed by atoms with Gasteiger partial charge in [-0.1, -0.05) is 76.2 Å². The number of ether oxygens (including phenoxy) is 3. The summed E-state index contributed by atoms with van der Waals surface area (Å²) >= 11 is 3.76. The van der Waals surface area contributed by atoms with E-state index in [1.54, 1.807) is 43.6 Å². The Balaban J connectivity index is 0.000000216. The SMILES string of the molecule is CCC(C)c1nn(-c2ccnc(Nc3ccccc3)c2)c(-c2ccc(F)cc2)c1Br.CCOC(=O)C[C@H]1C[C@@H](/C=C/c2c(-c3ccc(F)cc3)nn(-c3ccnc(Nc4ccccc4)c3)c2C(C)CC)OC(C)(C)O1. The Kier molecular flexibility index (Phi) is 17.8. The van der Waals surface area contributed by atoms with E-state index in [0.29, 0.717) is 18.8 Å². The Morgan fingerprint density at radius 2 is 1.29 bits per heavy atom. The van der Waals surface area contributed by atoms with Crippen molar-refractivity contribution in [2.75, 3.05) is 17.2 Å². The number of carbonyl (C=O) groups is 1. The largest absolute Gasteiger partial charge is 0.466 e. The van der Waals surface area contributed by atoms with Gasteiger partial charge >= 0.3 is 5.97 Å². The Hall–Kier alpha value is -7.33. The highest BCUT2D eigenvalue weighted by Gasteiger charge is 2.36. The molecule has 1 fully saturated rings. The molecule has 12 nitrogen and oxygen atoms in total. The molecule has 0 aliphatic carbocycles. The molecule has 4 aromatic carbocycles. The highest BCUT2D eigenvalue weighted by molar-refractivity contribution is 9.10. The Bertz CT molecular complexity index is 3180.